The van der Waals surface area contributed by atoms with Crippen LogP contribution in [0, 0.1) is 5.92 Å². The Morgan fingerprint density at radius 3 is 2.72 bits per heavy atom. The van der Waals surface area contributed by atoms with E-state index in [4.69, 9.17) is 11.6 Å². The van der Waals surface area contributed by atoms with Crippen molar-refractivity contribution < 1.29 is 4.79 Å². The third-order valence-electron chi connectivity index (χ3n) is 2.68. The molecule has 1 N–H and O–H groups in total. The first-order chi connectivity index (χ1) is 8.50. The minimum atomic E-state index is -0.0612. The molecule has 0 spiro atoms. The molecule has 0 saturated heterocycles. The maximum Gasteiger partial charge on any atom is 0.251 e. The van der Waals surface area contributed by atoms with Crippen molar-refractivity contribution in [2.75, 3.05) is 6.54 Å². The number of benzene rings is 1. The van der Waals surface area contributed by atoms with E-state index < -0.39 is 0 Å². The second-order valence-electron chi connectivity index (χ2n) is 4.77. The average Bonchev–Trinajstić information content (AvgIpc) is 2.31. The van der Waals surface area contributed by atoms with E-state index in [1.165, 1.54) is 6.42 Å². The SMILES string of the molecule is CC(C)CCCCNC(=O)c1ccc(Br)c(Cl)c1. The zero-order chi connectivity index (χ0) is 13.5. The monoisotopic (exact) mass is 331 g/mol. The molecule has 100 valence electrons. The van der Waals surface area contributed by atoms with E-state index in [1.807, 2.05) is 0 Å². The van der Waals surface area contributed by atoms with Gasteiger partial charge in [0, 0.05) is 16.6 Å². The highest BCUT2D eigenvalue weighted by atomic mass is 79.9. The Labute approximate surface area is 122 Å². The summed E-state index contributed by atoms with van der Waals surface area (Å²) in [7, 11) is 0. The van der Waals surface area contributed by atoms with Gasteiger partial charge >= 0.3 is 0 Å². The van der Waals surface area contributed by atoms with Gasteiger partial charge in [-0.05, 0) is 46.5 Å². The number of amides is 1. The summed E-state index contributed by atoms with van der Waals surface area (Å²) in [5.41, 5.74) is 0.604. The van der Waals surface area contributed by atoms with Crippen molar-refractivity contribution in [3.05, 3.63) is 33.3 Å². The van der Waals surface area contributed by atoms with Crippen LogP contribution in [0.4, 0.5) is 0 Å². The minimum absolute atomic E-state index is 0.0612. The highest BCUT2D eigenvalue weighted by Crippen LogP contribution is 2.23. The normalized spacial score (nSPS) is 10.7. The van der Waals surface area contributed by atoms with Crippen LogP contribution in [0.3, 0.4) is 0 Å². The van der Waals surface area contributed by atoms with Gasteiger partial charge in [0.05, 0.1) is 5.02 Å². The van der Waals surface area contributed by atoms with Crippen molar-refractivity contribution in [1.82, 2.24) is 5.32 Å². The molecule has 1 amide bonds. The third-order valence-corrected chi connectivity index (χ3v) is 3.91. The Kier molecular flexibility index (Phi) is 6.72. The van der Waals surface area contributed by atoms with Gasteiger partial charge in [-0.2, -0.15) is 0 Å². The maximum atomic E-state index is 11.8. The number of nitrogens with one attached hydrogen (secondary N) is 1. The molecule has 0 aliphatic heterocycles. The van der Waals surface area contributed by atoms with Crippen molar-refractivity contribution in [2.45, 2.75) is 33.1 Å². The van der Waals surface area contributed by atoms with Crippen LogP contribution in [0.1, 0.15) is 43.5 Å². The Morgan fingerprint density at radius 2 is 2.11 bits per heavy atom. The molecule has 0 unspecified atom stereocenters. The van der Waals surface area contributed by atoms with Crippen LogP contribution in [0.15, 0.2) is 22.7 Å². The summed E-state index contributed by atoms with van der Waals surface area (Å²) in [5, 5.41) is 3.46. The molecule has 1 rings (SSSR count). The third kappa shape index (κ3) is 5.40. The molecule has 0 saturated carbocycles. The molecule has 0 fully saturated rings. The molecule has 4 heteroatoms. The summed E-state index contributed by atoms with van der Waals surface area (Å²) in [6.45, 7) is 5.14. The smallest absolute Gasteiger partial charge is 0.251 e. The largest absolute Gasteiger partial charge is 0.352 e. The van der Waals surface area contributed by atoms with Crippen molar-refractivity contribution in [1.29, 1.82) is 0 Å². The highest BCUT2D eigenvalue weighted by Gasteiger charge is 2.07. The van der Waals surface area contributed by atoms with Gasteiger partial charge in [-0.1, -0.05) is 38.3 Å². The van der Waals surface area contributed by atoms with Crippen LogP contribution in [-0.4, -0.2) is 12.5 Å². The number of rotatable bonds is 6. The summed E-state index contributed by atoms with van der Waals surface area (Å²) in [5.74, 6) is 0.667. The Hall–Kier alpha value is -0.540. The van der Waals surface area contributed by atoms with Gasteiger partial charge in [0.1, 0.15) is 0 Å². The fourth-order valence-electron chi connectivity index (χ4n) is 1.62. The van der Waals surface area contributed by atoms with Gasteiger partial charge < -0.3 is 5.32 Å². The number of carbonyl (C=O) groups is 1. The topological polar surface area (TPSA) is 29.1 Å². The van der Waals surface area contributed by atoms with Gasteiger partial charge in [-0.3, -0.25) is 4.79 Å². The van der Waals surface area contributed by atoms with Gasteiger partial charge in [0.25, 0.3) is 5.91 Å². The summed E-state index contributed by atoms with van der Waals surface area (Å²) >= 11 is 9.25. The van der Waals surface area contributed by atoms with Crippen molar-refractivity contribution in [2.24, 2.45) is 5.92 Å². The van der Waals surface area contributed by atoms with Crippen LogP contribution >= 0.6 is 27.5 Å². The van der Waals surface area contributed by atoms with Crippen molar-refractivity contribution in [3.63, 3.8) is 0 Å². The molecule has 0 heterocycles. The fraction of sp³-hybridized carbons (Fsp3) is 0.500. The van der Waals surface area contributed by atoms with Crippen LogP contribution in [-0.2, 0) is 0 Å². The number of halogens is 2. The lowest BCUT2D eigenvalue weighted by atomic mass is 10.1. The number of unbranched alkanes of at least 4 members (excludes halogenated alkanes) is 1. The molecule has 0 radical (unpaired) electrons. The van der Waals surface area contributed by atoms with E-state index in [-0.39, 0.29) is 5.91 Å². The van der Waals surface area contributed by atoms with E-state index in [9.17, 15) is 4.79 Å². The van der Waals surface area contributed by atoms with E-state index in [2.05, 4.69) is 35.1 Å². The number of carbonyl (C=O) groups excluding carboxylic acids is 1. The molecule has 18 heavy (non-hydrogen) atoms. The molecule has 2 nitrogen and oxygen atoms in total. The molecule has 0 aromatic heterocycles. The Balaban J connectivity index is 2.34. The lowest BCUT2D eigenvalue weighted by molar-refractivity contribution is 0.0953. The second kappa shape index (κ2) is 7.80. The zero-order valence-corrected chi connectivity index (χ0v) is 13.1. The molecule has 0 bridgehead atoms. The first-order valence-electron chi connectivity index (χ1n) is 6.24. The molecule has 0 aliphatic carbocycles. The Bertz CT molecular complexity index is 407. The lowest BCUT2D eigenvalue weighted by Crippen LogP contribution is -2.24. The highest BCUT2D eigenvalue weighted by molar-refractivity contribution is 9.10. The molecule has 1 aromatic carbocycles. The summed E-state index contributed by atoms with van der Waals surface area (Å²) < 4.78 is 0.803. The standard InChI is InChI=1S/C14H19BrClNO/c1-10(2)5-3-4-8-17-14(18)11-6-7-12(15)13(16)9-11/h6-7,9-10H,3-5,8H2,1-2H3,(H,17,18). The predicted octanol–water partition coefficient (Wildman–Crippen LogP) is 4.66. The molecular weight excluding hydrogens is 314 g/mol. The van der Waals surface area contributed by atoms with E-state index >= 15 is 0 Å². The maximum absolute atomic E-state index is 11.8. The van der Waals surface area contributed by atoms with Gasteiger partial charge in [-0.15, -0.1) is 0 Å². The van der Waals surface area contributed by atoms with Crippen molar-refractivity contribution in [3.8, 4) is 0 Å². The second-order valence-corrected chi connectivity index (χ2v) is 6.04. The van der Waals surface area contributed by atoms with E-state index in [0.717, 1.165) is 29.8 Å². The number of hydrogen-bond donors (Lipinski definition) is 1. The van der Waals surface area contributed by atoms with E-state index in [1.54, 1.807) is 18.2 Å². The summed E-state index contributed by atoms with van der Waals surface area (Å²) in [6.07, 6.45) is 3.38. The minimum Gasteiger partial charge on any atom is -0.352 e. The van der Waals surface area contributed by atoms with Crippen LogP contribution in [0.2, 0.25) is 5.02 Å². The lowest BCUT2D eigenvalue weighted by Gasteiger charge is -2.07. The molecule has 0 atom stereocenters. The molecule has 0 aliphatic rings. The summed E-state index contributed by atoms with van der Waals surface area (Å²) in [6, 6.07) is 5.23. The summed E-state index contributed by atoms with van der Waals surface area (Å²) in [4.78, 5) is 11.8. The molecule has 1 aromatic rings. The predicted molar refractivity (Wildman–Crippen MR) is 80.2 cm³/mol. The van der Waals surface area contributed by atoms with Crippen molar-refractivity contribution >= 4 is 33.4 Å². The van der Waals surface area contributed by atoms with Crippen LogP contribution in [0.25, 0.3) is 0 Å². The van der Waals surface area contributed by atoms with Gasteiger partial charge in [-0.25, -0.2) is 0 Å². The fourth-order valence-corrected chi connectivity index (χ4v) is 2.05. The molecular formula is C14H19BrClNO. The first kappa shape index (κ1) is 15.5. The van der Waals surface area contributed by atoms with Crippen LogP contribution in [0.5, 0.6) is 0 Å². The zero-order valence-electron chi connectivity index (χ0n) is 10.8. The van der Waals surface area contributed by atoms with Gasteiger partial charge in [0.2, 0.25) is 0 Å². The quantitative estimate of drug-likeness (QED) is 0.754. The van der Waals surface area contributed by atoms with E-state index in [0.29, 0.717) is 10.6 Å². The van der Waals surface area contributed by atoms with Crippen LogP contribution < -0.4 is 5.32 Å². The number of hydrogen-bond acceptors (Lipinski definition) is 1. The average molecular weight is 333 g/mol. The van der Waals surface area contributed by atoms with Gasteiger partial charge in [0.15, 0.2) is 0 Å². The Morgan fingerprint density at radius 1 is 1.39 bits per heavy atom. The first-order valence-corrected chi connectivity index (χ1v) is 7.41.